The molecule has 3 rings (SSSR count). The first-order valence-corrected chi connectivity index (χ1v) is 8.02. The van der Waals surface area contributed by atoms with Crippen molar-refractivity contribution in [3.8, 4) is 17.2 Å². The molecule has 2 atom stereocenters. The van der Waals surface area contributed by atoms with Gasteiger partial charge in [-0.15, -0.1) is 0 Å². The van der Waals surface area contributed by atoms with Crippen molar-refractivity contribution in [2.24, 2.45) is 0 Å². The molecule has 1 aliphatic rings. The van der Waals surface area contributed by atoms with E-state index in [0.717, 1.165) is 11.3 Å². The Hall–Kier alpha value is -2.69. The number of ether oxygens (including phenoxy) is 3. The summed E-state index contributed by atoms with van der Waals surface area (Å²) in [6, 6.07) is 15.1. The average molecular weight is 327 g/mol. The van der Waals surface area contributed by atoms with E-state index in [-0.39, 0.29) is 12.0 Å². The summed E-state index contributed by atoms with van der Waals surface area (Å²) in [4.78, 5) is 12.2. The number of carbonyl (C=O) groups excluding carboxylic acids is 1. The van der Waals surface area contributed by atoms with Crippen molar-refractivity contribution in [1.29, 1.82) is 0 Å². The summed E-state index contributed by atoms with van der Waals surface area (Å²) in [6.07, 6.45) is -0.794. The summed E-state index contributed by atoms with van der Waals surface area (Å²) in [5, 5.41) is 2.85. The van der Waals surface area contributed by atoms with Crippen molar-refractivity contribution >= 4 is 5.91 Å². The number of rotatable bonds is 5. The lowest BCUT2D eigenvalue weighted by Gasteiger charge is -2.27. The van der Waals surface area contributed by atoms with E-state index in [1.165, 1.54) is 0 Å². The zero-order valence-electron chi connectivity index (χ0n) is 13.8. The molecule has 0 bridgehead atoms. The molecule has 2 aromatic rings. The van der Waals surface area contributed by atoms with Crippen LogP contribution in [-0.4, -0.2) is 31.3 Å². The Bertz CT molecular complexity index is 716. The van der Waals surface area contributed by atoms with E-state index in [1.807, 2.05) is 55.5 Å². The van der Waals surface area contributed by atoms with Crippen LogP contribution < -0.4 is 19.5 Å². The molecule has 2 aromatic carbocycles. The van der Waals surface area contributed by atoms with Crippen LogP contribution in [0, 0.1) is 6.92 Å². The molecule has 1 aliphatic heterocycles. The monoisotopic (exact) mass is 327 g/mol. The second-order valence-electron chi connectivity index (χ2n) is 5.77. The predicted octanol–water partition coefficient (Wildman–Crippen LogP) is 2.72. The van der Waals surface area contributed by atoms with Gasteiger partial charge in [0.15, 0.2) is 17.6 Å². The van der Waals surface area contributed by atoms with Gasteiger partial charge < -0.3 is 19.5 Å². The molecule has 0 saturated heterocycles. The molecule has 0 aromatic heterocycles. The van der Waals surface area contributed by atoms with Crippen molar-refractivity contribution in [1.82, 2.24) is 5.32 Å². The second-order valence-corrected chi connectivity index (χ2v) is 5.77. The third kappa shape index (κ3) is 3.79. The smallest absolute Gasteiger partial charge is 0.260 e. The normalized spacial score (nSPS) is 17.0. The molecule has 0 aliphatic carbocycles. The van der Waals surface area contributed by atoms with Crippen molar-refractivity contribution in [2.75, 3.05) is 13.2 Å². The lowest BCUT2D eigenvalue weighted by Crippen LogP contribution is -2.44. The van der Waals surface area contributed by atoms with Crippen LogP contribution in [0.25, 0.3) is 0 Å². The van der Waals surface area contributed by atoms with Gasteiger partial charge in [-0.05, 0) is 37.6 Å². The summed E-state index contributed by atoms with van der Waals surface area (Å²) in [6.45, 7) is 4.46. The van der Waals surface area contributed by atoms with E-state index < -0.39 is 6.10 Å². The Morgan fingerprint density at radius 1 is 1.21 bits per heavy atom. The van der Waals surface area contributed by atoms with Gasteiger partial charge in [0.05, 0.1) is 6.54 Å². The highest BCUT2D eigenvalue weighted by Gasteiger charge is 2.22. The first-order chi connectivity index (χ1) is 11.6. The molecule has 126 valence electrons. The first kappa shape index (κ1) is 16.2. The van der Waals surface area contributed by atoms with Gasteiger partial charge in [-0.2, -0.15) is 0 Å². The van der Waals surface area contributed by atoms with E-state index in [9.17, 15) is 4.79 Å². The summed E-state index contributed by atoms with van der Waals surface area (Å²) in [7, 11) is 0. The van der Waals surface area contributed by atoms with Gasteiger partial charge in [0.2, 0.25) is 0 Å². The minimum Gasteiger partial charge on any atom is -0.486 e. The zero-order valence-corrected chi connectivity index (χ0v) is 13.8. The molecule has 24 heavy (non-hydrogen) atoms. The van der Waals surface area contributed by atoms with Gasteiger partial charge >= 0.3 is 0 Å². The van der Waals surface area contributed by atoms with Crippen LogP contribution in [0.2, 0.25) is 0 Å². The van der Waals surface area contributed by atoms with Crippen molar-refractivity contribution < 1.29 is 19.0 Å². The largest absolute Gasteiger partial charge is 0.486 e. The lowest BCUT2D eigenvalue weighted by molar-refractivity contribution is -0.127. The topological polar surface area (TPSA) is 56.8 Å². The Balaban J connectivity index is 1.50. The number of amides is 1. The van der Waals surface area contributed by atoms with E-state index >= 15 is 0 Å². The van der Waals surface area contributed by atoms with Gasteiger partial charge in [0.25, 0.3) is 5.91 Å². The van der Waals surface area contributed by atoms with E-state index in [1.54, 1.807) is 6.92 Å². The van der Waals surface area contributed by atoms with E-state index in [2.05, 4.69) is 5.32 Å². The minimum atomic E-state index is -0.581. The number of benzene rings is 2. The number of fused-ring (bicyclic) bond motifs is 1. The van der Waals surface area contributed by atoms with Gasteiger partial charge in [-0.1, -0.05) is 30.3 Å². The van der Waals surface area contributed by atoms with Crippen LogP contribution >= 0.6 is 0 Å². The molecule has 1 amide bonds. The highest BCUT2D eigenvalue weighted by Crippen LogP contribution is 2.30. The summed E-state index contributed by atoms with van der Waals surface area (Å²) < 4.78 is 17.2. The number of nitrogens with one attached hydrogen (secondary N) is 1. The molecule has 0 spiro atoms. The maximum absolute atomic E-state index is 12.2. The van der Waals surface area contributed by atoms with E-state index in [0.29, 0.717) is 24.7 Å². The quantitative estimate of drug-likeness (QED) is 0.917. The van der Waals surface area contributed by atoms with Gasteiger partial charge in [0.1, 0.15) is 18.5 Å². The average Bonchev–Trinajstić information content (AvgIpc) is 2.61. The van der Waals surface area contributed by atoms with Crippen LogP contribution in [0.3, 0.4) is 0 Å². The van der Waals surface area contributed by atoms with Gasteiger partial charge in [0, 0.05) is 0 Å². The SMILES string of the molecule is Cc1ccccc1O[C@H](C)C(=O)NC[C@@H]1COc2ccccc2O1. The van der Waals surface area contributed by atoms with Crippen LogP contribution in [0.15, 0.2) is 48.5 Å². The minimum absolute atomic E-state index is 0.180. The van der Waals surface area contributed by atoms with Gasteiger partial charge in [-0.3, -0.25) is 4.79 Å². The standard InChI is InChI=1S/C19H21NO4/c1-13-7-3-4-8-16(13)23-14(2)19(21)20-11-15-12-22-17-9-5-6-10-18(17)24-15/h3-10,14-15H,11-12H2,1-2H3,(H,20,21)/t14-,15-/m1/s1. The first-order valence-electron chi connectivity index (χ1n) is 8.02. The predicted molar refractivity (Wildman–Crippen MR) is 90.6 cm³/mol. The Morgan fingerprint density at radius 3 is 2.71 bits per heavy atom. The van der Waals surface area contributed by atoms with Crippen LogP contribution in [-0.2, 0) is 4.79 Å². The summed E-state index contributed by atoms with van der Waals surface area (Å²) in [5.74, 6) is 1.97. The number of aryl methyl sites for hydroxylation is 1. The Morgan fingerprint density at radius 2 is 1.92 bits per heavy atom. The third-order valence-electron chi connectivity index (χ3n) is 3.84. The molecular formula is C19H21NO4. The molecule has 0 saturated carbocycles. The van der Waals surface area contributed by atoms with Crippen molar-refractivity contribution in [2.45, 2.75) is 26.1 Å². The van der Waals surface area contributed by atoms with Crippen LogP contribution in [0.1, 0.15) is 12.5 Å². The lowest BCUT2D eigenvalue weighted by atomic mass is 10.2. The van der Waals surface area contributed by atoms with Gasteiger partial charge in [-0.25, -0.2) is 0 Å². The summed E-state index contributed by atoms with van der Waals surface area (Å²) >= 11 is 0. The molecule has 5 heteroatoms. The Kier molecular flexibility index (Phi) is 4.89. The second kappa shape index (κ2) is 7.25. The molecule has 1 heterocycles. The number of hydrogen-bond acceptors (Lipinski definition) is 4. The highest BCUT2D eigenvalue weighted by atomic mass is 16.6. The molecule has 0 fully saturated rings. The fourth-order valence-corrected chi connectivity index (χ4v) is 2.45. The van der Waals surface area contributed by atoms with Crippen LogP contribution in [0.5, 0.6) is 17.2 Å². The Labute approximate surface area is 141 Å². The van der Waals surface area contributed by atoms with Crippen LogP contribution in [0.4, 0.5) is 0 Å². The van der Waals surface area contributed by atoms with Crippen molar-refractivity contribution in [3.63, 3.8) is 0 Å². The molecular weight excluding hydrogens is 306 g/mol. The maximum Gasteiger partial charge on any atom is 0.260 e. The molecule has 0 unspecified atom stereocenters. The van der Waals surface area contributed by atoms with Crippen molar-refractivity contribution in [3.05, 3.63) is 54.1 Å². The highest BCUT2D eigenvalue weighted by molar-refractivity contribution is 5.80. The summed E-state index contributed by atoms with van der Waals surface area (Å²) in [5.41, 5.74) is 0.998. The molecule has 1 N–H and O–H groups in total. The number of carbonyl (C=O) groups is 1. The number of para-hydroxylation sites is 3. The molecule has 0 radical (unpaired) electrons. The van der Waals surface area contributed by atoms with E-state index in [4.69, 9.17) is 14.2 Å². The number of hydrogen-bond donors (Lipinski definition) is 1. The maximum atomic E-state index is 12.2. The molecule has 5 nitrogen and oxygen atoms in total. The zero-order chi connectivity index (χ0) is 16.9. The fraction of sp³-hybridized carbons (Fsp3) is 0.316. The third-order valence-corrected chi connectivity index (χ3v) is 3.84. The fourth-order valence-electron chi connectivity index (χ4n) is 2.45.